The number of rotatable bonds is 2. The normalized spacial score (nSPS) is 19.8. The van der Waals surface area contributed by atoms with Crippen molar-refractivity contribution in [2.24, 2.45) is 0 Å². The Kier molecular flexibility index (Phi) is 3.78. The Balaban J connectivity index is 1.97. The van der Waals surface area contributed by atoms with Gasteiger partial charge in [0.2, 0.25) is 5.75 Å². The van der Waals surface area contributed by atoms with Gasteiger partial charge in [0.25, 0.3) is 0 Å². The minimum Gasteiger partial charge on any atom is -0.492 e. The number of ether oxygens (including phenoxy) is 3. The quantitative estimate of drug-likeness (QED) is 0.889. The first kappa shape index (κ1) is 12.6. The summed E-state index contributed by atoms with van der Waals surface area (Å²) in [7, 11) is 1.72. The Hall–Kier alpha value is -1.42. The summed E-state index contributed by atoms with van der Waals surface area (Å²) in [5, 5.41) is 3.40. The molecule has 0 amide bonds. The molecule has 4 nitrogen and oxygen atoms in total. The van der Waals surface area contributed by atoms with E-state index in [-0.39, 0.29) is 0 Å². The highest BCUT2D eigenvalue weighted by Crippen LogP contribution is 2.45. The predicted octanol–water partition coefficient (Wildman–Crippen LogP) is 2.32. The van der Waals surface area contributed by atoms with Gasteiger partial charge in [0.15, 0.2) is 11.5 Å². The molecule has 1 N–H and O–H groups in total. The molecule has 19 heavy (non-hydrogen) atoms. The van der Waals surface area contributed by atoms with E-state index in [0.717, 1.165) is 49.6 Å². The number of hydrogen-bond donors (Lipinski definition) is 1. The molecule has 0 atom stereocenters. The van der Waals surface area contributed by atoms with Crippen LogP contribution in [0.1, 0.15) is 30.7 Å². The van der Waals surface area contributed by atoms with Gasteiger partial charge < -0.3 is 19.5 Å². The minimum absolute atomic E-state index is 0.549. The zero-order chi connectivity index (χ0) is 13.1. The Bertz CT molecular complexity index is 441. The zero-order valence-corrected chi connectivity index (χ0v) is 11.4. The minimum atomic E-state index is 0.549. The predicted molar refractivity (Wildman–Crippen MR) is 73.4 cm³/mol. The summed E-state index contributed by atoms with van der Waals surface area (Å²) in [5.74, 6) is 3.02. The summed E-state index contributed by atoms with van der Waals surface area (Å²) in [4.78, 5) is 0. The molecule has 104 valence electrons. The lowest BCUT2D eigenvalue weighted by atomic mass is 9.89. The Morgan fingerprint density at radius 3 is 2.74 bits per heavy atom. The molecule has 1 saturated heterocycles. The first-order valence-corrected chi connectivity index (χ1v) is 7.07. The molecule has 0 aliphatic carbocycles. The summed E-state index contributed by atoms with van der Waals surface area (Å²) in [6, 6.07) is 4.17. The molecule has 3 rings (SSSR count). The van der Waals surface area contributed by atoms with Crippen LogP contribution in [0, 0.1) is 0 Å². The van der Waals surface area contributed by atoms with Gasteiger partial charge in [-0.3, -0.25) is 0 Å². The number of fused-ring (bicyclic) bond motifs is 1. The molecule has 0 aromatic heterocycles. The standard InChI is InChI=1S/C15H21NO3/c1-17-14-12(11-5-7-16-8-6-11)3-4-13-15(14)19-10-2-9-18-13/h3-4,11,16H,2,5-10H2,1H3. The fraction of sp³-hybridized carbons (Fsp3) is 0.600. The van der Waals surface area contributed by atoms with Gasteiger partial charge in [-0.1, -0.05) is 6.07 Å². The molecule has 0 bridgehead atoms. The molecule has 0 spiro atoms. The van der Waals surface area contributed by atoms with Crippen LogP contribution in [0.2, 0.25) is 0 Å². The highest BCUT2D eigenvalue weighted by molar-refractivity contribution is 5.57. The Labute approximate surface area is 114 Å². The van der Waals surface area contributed by atoms with Gasteiger partial charge in [0, 0.05) is 12.0 Å². The van der Waals surface area contributed by atoms with Gasteiger partial charge in [-0.05, 0) is 37.9 Å². The summed E-state index contributed by atoms with van der Waals surface area (Å²) in [5.41, 5.74) is 1.26. The van der Waals surface area contributed by atoms with Crippen molar-refractivity contribution < 1.29 is 14.2 Å². The lowest BCUT2D eigenvalue weighted by Crippen LogP contribution is -2.26. The largest absolute Gasteiger partial charge is 0.492 e. The van der Waals surface area contributed by atoms with Gasteiger partial charge in [-0.25, -0.2) is 0 Å². The van der Waals surface area contributed by atoms with Crippen molar-refractivity contribution in [3.8, 4) is 17.2 Å². The first-order chi connectivity index (χ1) is 9.40. The van der Waals surface area contributed by atoms with Gasteiger partial charge >= 0.3 is 0 Å². The summed E-state index contributed by atoms with van der Waals surface area (Å²) >= 11 is 0. The number of nitrogens with one attached hydrogen (secondary N) is 1. The van der Waals surface area contributed by atoms with E-state index in [4.69, 9.17) is 14.2 Å². The monoisotopic (exact) mass is 263 g/mol. The lowest BCUT2D eigenvalue weighted by molar-refractivity contribution is 0.287. The van der Waals surface area contributed by atoms with E-state index in [0.29, 0.717) is 19.1 Å². The van der Waals surface area contributed by atoms with E-state index in [9.17, 15) is 0 Å². The molecule has 2 aliphatic heterocycles. The van der Waals surface area contributed by atoms with E-state index >= 15 is 0 Å². The molecule has 2 heterocycles. The van der Waals surface area contributed by atoms with Crippen molar-refractivity contribution in [3.05, 3.63) is 17.7 Å². The van der Waals surface area contributed by atoms with Crippen LogP contribution in [0.15, 0.2) is 12.1 Å². The van der Waals surface area contributed by atoms with Crippen LogP contribution in [0.3, 0.4) is 0 Å². The SMILES string of the molecule is COc1c(C2CCNCC2)ccc2c1OCCCO2. The fourth-order valence-corrected chi connectivity index (χ4v) is 2.89. The maximum Gasteiger partial charge on any atom is 0.203 e. The molecule has 0 radical (unpaired) electrons. The topological polar surface area (TPSA) is 39.7 Å². The van der Waals surface area contributed by atoms with Crippen molar-refractivity contribution in [1.82, 2.24) is 5.32 Å². The number of benzene rings is 1. The number of hydrogen-bond acceptors (Lipinski definition) is 4. The smallest absolute Gasteiger partial charge is 0.203 e. The highest BCUT2D eigenvalue weighted by atomic mass is 16.5. The average molecular weight is 263 g/mol. The fourth-order valence-electron chi connectivity index (χ4n) is 2.89. The second-order valence-electron chi connectivity index (χ2n) is 5.09. The van der Waals surface area contributed by atoms with E-state index in [1.54, 1.807) is 7.11 Å². The van der Waals surface area contributed by atoms with Crippen LogP contribution in [0.25, 0.3) is 0 Å². The van der Waals surface area contributed by atoms with Crippen molar-refractivity contribution >= 4 is 0 Å². The second kappa shape index (κ2) is 5.70. The highest BCUT2D eigenvalue weighted by Gasteiger charge is 2.25. The van der Waals surface area contributed by atoms with Crippen LogP contribution in [0.4, 0.5) is 0 Å². The van der Waals surface area contributed by atoms with Crippen molar-refractivity contribution in [2.45, 2.75) is 25.2 Å². The molecule has 2 aliphatic rings. The van der Waals surface area contributed by atoms with Gasteiger partial charge in [-0.2, -0.15) is 0 Å². The van der Waals surface area contributed by atoms with Crippen LogP contribution in [0.5, 0.6) is 17.2 Å². The van der Waals surface area contributed by atoms with Crippen LogP contribution in [-0.4, -0.2) is 33.4 Å². The van der Waals surface area contributed by atoms with E-state index in [1.807, 2.05) is 6.07 Å². The van der Waals surface area contributed by atoms with Gasteiger partial charge in [0.05, 0.1) is 20.3 Å². The summed E-state index contributed by atoms with van der Waals surface area (Å²) in [6.45, 7) is 3.55. The molecular formula is C15H21NO3. The van der Waals surface area contributed by atoms with Crippen molar-refractivity contribution in [3.63, 3.8) is 0 Å². The van der Waals surface area contributed by atoms with Crippen LogP contribution < -0.4 is 19.5 Å². The van der Waals surface area contributed by atoms with E-state index < -0.39 is 0 Å². The third-order valence-electron chi connectivity index (χ3n) is 3.88. The molecule has 0 unspecified atom stereocenters. The third kappa shape index (κ3) is 2.50. The number of methoxy groups -OCH3 is 1. The maximum atomic E-state index is 5.84. The lowest BCUT2D eigenvalue weighted by Gasteiger charge is -2.25. The number of piperidine rings is 1. The van der Waals surface area contributed by atoms with Gasteiger partial charge in [0.1, 0.15) is 0 Å². The Morgan fingerprint density at radius 1 is 1.16 bits per heavy atom. The van der Waals surface area contributed by atoms with E-state index in [1.165, 1.54) is 5.56 Å². The molecule has 1 aromatic carbocycles. The molecule has 1 fully saturated rings. The van der Waals surface area contributed by atoms with Crippen molar-refractivity contribution in [2.75, 3.05) is 33.4 Å². The Morgan fingerprint density at radius 2 is 1.95 bits per heavy atom. The van der Waals surface area contributed by atoms with Crippen molar-refractivity contribution in [1.29, 1.82) is 0 Å². The first-order valence-electron chi connectivity index (χ1n) is 7.07. The zero-order valence-electron chi connectivity index (χ0n) is 11.4. The molecular weight excluding hydrogens is 242 g/mol. The molecule has 0 saturated carbocycles. The van der Waals surface area contributed by atoms with E-state index in [2.05, 4.69) is 11.4 Å². The average Bonchev–Trinajstić information content (AvgIpc) is 2.72. The van der Waals surface area contributed by atoms with Crippen LogP contribution >= 0.6 is 0 Å². The molecule has 4 heteroatoms. The van der Waals surface area contributed by atoms with Crippen LogP contribution in [-0.2, 0) is 0 Å². The summed E-state index contributed by atoms with van der Waals surface area (Å²) < 4.78 is 17.2. The van der Waals surface area contributed by atoms with Gasteiger partial charge in [-0.15, -0.1) is 0 Å². The third-order valence-corrected chi connectivity index (χ3v) is 3.88. The molecule has 1 aromatic rings. The second-order valence-corrected chi connectivity index (χ2v) is 5.09. The maximum absolute atomic E-state index is 5.84. The summed E-state index contributed by atoms with van der Waals surface area (Å²) in [6.07, 6.45) is 3.21.